The number of benzene rings is 1. The van der Waals surface area contributed by atoms with E-state index in [2.05, 4.69) is 51.1 Å². The first-order valence-electron chi connectivity index (χ1n) is 9.34. The van der Waals surface area contributed by atoms with Crippen molar-refractivity contribution in [3.05, 3.63) is 70.7 Å². The minimum absolute atomic E-state index is 0.524. The van der Waals surface area contributed by atoms with E-state index in [9.17, 15) is 0 Å². The van der Waals surface area contributed by atoms with Gasteiger partial charge in [-0.1, -0.05) is 62.2 Å². The van der Waals surface area contributed by atoms with Crippen LogP contribution >= 0.6 is 0 Å². The first kappa shape index (κ1) is 15.7. The van der Waals surface area contributed by atoms with Gasteiger partial charge in [0.15, 0.2) is 0 Å². The van der Waals surface area contributed by atoms with Gasteiger partial charge in [0.1, 0.15) is 5.76 Å². The van der Waals surface area contributed by atoms with Gasteiger partial charge in [-0.3, -0.25) is 0 Å². The highest BCUT2D eigenvalue weighted by molar-refractivity contribution is 5.43. The second kappa shape index (κ2) is 5.95. The molecule has 5 rings (SSSR count). The molecule has 0 bridgehead atoms. The molecule has 24 heavy (non-hydrogen) atoms. The molecule has 0 radical (unpaired) electrons. The molecule has 1 nitrogen and oxygen atoms in total. The third-order valence-corrected chi connectivity index (χ3v) is 6.14. The molecule has 3 aliphatic rings. The van der Waals surface area contributed by atoms with E-state index in [-0.39, 0.29) is 0 Å². The molecular formula is C23H28O. The van der Waals surface area contributed by atoms with E-state index in [1.165, 1.54) is 36.8 Å². The molecule has 1 fully saturated rings. The fourth-order valence-electron chi connectivity index (χ4n) is 3.99. The summed E-state index contributed by atoms with van der Waals surface area (Å²) >= 11 is 0. The van der Waals surface area contributed by atoms with Crippen LogP contribution in [0.1, 0.15) is 69.3 Å². The zero-order valence-electron chi connectivity index (χ0n) is 15.1. The van der Waals surface area contributed by atoms with Crippen molar-refractivity contribution in [3.63, 3.8) is 0 Å². The highest BCUT2D eigenvalue weighted by atomic mass is 16.3. The van der Waals surface area contributed by atoms with E-state index in [4.69, 9.17) is 4.42 Å². The van der Waals surface area contributed by atoms with Crippen molar-refractivity contribution >= 4 is 0 Å². The van der Waals surface area contributed by atoms with Crippen molar-refractivity contribution < 1.29 is 4.42 Å². The maximum absolute atomic E-state index is 5.74. The fourth-order valence-corrected chi connectivity index (χ4v) is 3.99. The third kappa shape index (κ3) is 3.36. The van der Waals surface area contributed by atoms with Crippen molar-refractivity contribution in [2.45, 2.75) is 58.8 Å². The summed E-state index contributed by atoms with van der Waals surface area (Å²) in [6.45, 7) is 7.05. The molecule has 2 unspecified atom stereocenters. The molecule has 2 atom stereocenters. The molecule has 1 saturated carbocycles. The molecule has 0 saturated heterocycles. The summed E-state index contributed by atoms with van der Waals surface area (Å²) in [6, 6.07) is 12.7. The van der Waals surface area contributed by atoms with Crippen molar-refractivity contribution in [3.8, 4) is 0 Å². The van der Waals surface area contributed by atoms with Crippen LogP contribution in [0.15, 0.2) is 58.2 Å². The highest BCUT2D eigenvalue weighted by Crippen LogP contribution is 2.58. The van der Waals surface area contributed by atoms with Gasteiger partial charge in [0.05, 0.1) is 6.26 Å². The SMILES string of the molecule is C1CC2=C1C2.CC(c1coc(Cc2ccccc2)c1)C1CC1(C)C. The molecule has 0 amide bonds. The van der Waals surface area contributed by atoms with Crippen molar-refractivity contribution in [2.24, 2.45) is 11.3 Å². The Morgan fingerprint density at radius 3 is 2.29 bits per heavy atom. The van der Waals surface area contributed by atoms with Gasteiger partial charge in [-0.05, 0) is 60.1 Å². The van der Waals surface area contributed by atoms with E-state index in [1.807, 2.05) is 12.3 Å². The van der Waals surface area contributed by atoms with E-state index in [1.54, 1.807) is 11.1 Å². The van der Waals surface area contributed by atoms with Gasteiger partial charge in [0.2, 0.25) is 0 Å². The number of allylic oxidation sites excluding steroid dienone is 2. The monoisotopic (exact) mass is 320 g/mol. The van der Waals surface area contributed by atoms with Crippen LogP contribution in [0.3, 0.4) is 0 Å². The lowest BCUT2D eigenvalue weighted by molar-refractivity contribution is 0.490. The lowest BCUT2D eigenvalue weighted by Crippen LogP contribution is -2.00. The average molecular weight is 320 g/mol. The number of rotatable bonds is 4. The minimum Gasteiger partial charge on any atom is -0.469 e. The van der Waals surface area contributed by atoms with Gasteiger partial charge < -0.3 is 4.42 Å². The maximum Gasteiger partial charge on any atom is 0.108 e. The third-order valence-electron chi connectivity index (χ3n) is 6.14. The van der Waals surface area contributed by atoms with Crippen LogP contribution in [-0.4, -0.2) is 0 Å². The lowest BCUT2D eigenvalue weighted by Gasteiger charge is -2.10. The molecule has 2 aromatic rings. The Balaban J connectivity index is 0.000000244. The summed E-state index contributed by atoms with van der Waals surface area (Å²) in [6.07, 6.45) is 8.48. The molecule has 0 aliphatic heterocycles. The van der Waals surface area contributed by atoms with Crippen LogP contribution in [-0.2, 0) is 6.42 Å². The van der Waals surface area contributed by atoms with Crippen LogP contribution in [0.4, 0.5) is 0 Å². The number of hydrogen-bond acceptors (Lipinski definition) is 1. The van der Waals surface area contributed by atoms with Gasteiger partial charge in [-0.25, -0.2) is 0 Å². The van der Waals surface area contributed by atoms with Crippen LogP contribution in [0.5, 0.6) is 0 Å². The molecule has 1 aromatic carbocycles. The van der Waals surface area contributed by atoms with Crippen LogP contribution in [0.2, 0.25) is 0 Å². The first-order chi connectivity index (χ1) is 11.5. The Kier molecular flexibility index (Phi) is 3.90. The van der Waals surface area contributed by atoms with Gasteiger partial charge >= 0.3 is 0 Å². The summed E-state index contributed by atoms with van der Waals surface area (Å²) in [5.41, 5.74) is 6.73. The zero-order valence-corrected chi connectivity index (χ0v) is 15.1. The van der Waals surface area contributed by atoms with Crippen molar-refractivity contribution in [1.29, 1.82) is 0 Å². The molecule has 3 aliphatic carbocycles. The quantitative estimate of drug-likeness (QED) is 0.586. The Labute approximate surface area is 145 Å². The lowest BCUT2D eigenvalue weighted by atomic mass is 9.93. The minimum atomic E-state index is 0.524. The summed E-state index contributed by atoms with van der Waals surface area (Å²) in [5, 5.41) is 0. The smallest absolute Gasteiger partial charge is 0.108 e. The number of hydrogen-bond donors (Lipinski definition) is 0. The standard InChI is InChI=1S/C18H22O.C5H6/c1-13(17-11-18(17,2)3)15-10-16(19-12-15)9-14-7-5-4-6-8-14;1-2-5-3-4(1)5/h4-8,10,12-13,17H,9,11H2,1-3H3;1-3H2. The summed E-state index contributed by atoms with van der Waals surface area (Å²) in [4.78, 5) is 0. The highest BCUT2D eigenvalue weighted by Gasteiger charge is 2.49. The van der Waals surface area contributed by atoms with E-state index in [0.717, 1.165) is 18.1 Å². The Hall–Kier alpha value is -1.76. The molecule has 0 N–H and O–H groups in total. The van der Waals surface area contributed by atoms with E-state index < -0.39 is 0 Å². The summed E-state index contributed by atoms with van der Waals surface area (Å²) in [5.74, 6) is 2.50. The molecular weight excluding hydrogens is 292 g/mol. The van der Waals surface area contributed by atoms with Gasteiger partial charge in [-0.15, -0.1) is 0 Å². The number of furan rings is 1. The molecule has 126 valence electrons. The van der Waals surface area contributed by atoms with Crippen molar-refractivity contribution in [2.75, 3.05) is 0 Å². The van der Waals surface area contributed by atoms with Crippen molar-refractivity contribution in [1.82, 2.24) is 0 Å². The Bertz CT molecular complexity index is 735. The van der Waals surface area contributed by atoms with Gasteiger partial charge in [0, 0.05) is 6.42 Å². The molecule has 1 aromatic heterocycles. The van der Waals surface area contributed by atoms with E-state index in [0.29, 0.717) is 11.3 Å². The molecule has 1 heterocycles. The summed E-state index contributed by atoms with van der Waals surface area (Å²) in [7, 11) is 0. The largest absolute Gasteiger partial charge is 0.469 e. The van der Waals surface area contributed by atoms with Crippen LogP contribution < -0.4 is 0 Å². The average Bonchev–Trinajstić information content (AvgIpc) is 3.26. The predicted octanol–water partition coefficient (Wildman–Crippen LogP) is 6.50. The van der Waals surface area contributed by atoms with Crippen LogP contribution in [0.25, 0.3) is 0 Å². The van der Waals surface area contributed by atoms with E-state index >= 15 is 0 Å². The maximum atomic E-state index is 5.74. The normalized spacial score (nSPS) is 23.5. The Morgan fingerprint density at radius 1 is 1.12 bits per heavy atom. The van der Waals surface area contributed by atoms with Gasteiger partial charge in [-0.2, -0.15) is 0 Å². The fraction of sp³-hybridized carbons (Fsp3) is 0.478. The Morgan fingerprint density at radius 2 is 1.79 bits per heavy atom. The second-order valence-corrected chi connectivity index (χ2v) is 8.48. The summed E-state index contributed by atoms with van der Waals surface area (Å²) < 4.78 is 5.74. The van der Waals surface area contributed by atoms with Crippen LogP contribution in [0, 0.1) is 11.3 Å². The molecule has 0 spiro atoms. The first-order valence-corrected chi connectivity index (χ1v) is 9.34. The van der Waals surface area contributed by atoms with Gasteiger partial charge in [0.25, 0.3) is 0 Å². The second-order valence-electron chi connectivity index (χ2n) is 8.48. The predicted molar refractivity (Wildman–Crippen MR) is 99.1 cm³/mol. The molecule has 1 heteroatoms. The zero-order chi connectivity index (χ0) is 16.7. The topological polar surface area (TPSA) is 13.1 Å².